The van der Waals surface area contributed by atoms with Crippen molar-refractivity contribution < 1.29 is 0 Å². The number of H-pyrrole nitrogens is 1. The van der Waals surface area contributed by atoms with Crippen LogP contribution in [0.5, 0.6) is 0 Å². The molecule has 0 aliphatic carbocycles. The number of hydrogen-bond acceptors (Lipinski definition) is 2. The second kappa shape index (κ2) is 2.59. The summed E-state index contributed by atoms with van der Waals surface area (Å²) >= 11 is 0. The molecule has 0 saturated heterocycles. The Morgan fingerprint density at radius 2 is 2.42 bits per heavy atom. The minimum absolute atomic E-state index is 0.0381. The van der Waals surface area contributed by atoms with Crippen LogP contribution in [0.1, 0.15) is 16.8 Å². The summed E-state index contributed by atoms with van der Waals surface area (Å²) in [7, 11) is 0. The van der Waals surface area contributed by atoms with Crippen molar-refractivity contribution in [1.29, 1.82) is 0 Å². The number of rotatable bonds is 0. The molecular formula is C9H10N2O. The lowest BCUT2D eigenvalue weighted by Crippen LogP contribution is -2.19. The maximum Gasteiger partial charge on any atom is 0.252 e. The molecule has 0 fully saturated rings. The minimum atomic E-state index is 0.0381. The van der Waals surface area contributed by atoms with Crippen LogP contribution in [-0.2, 0) is 13.0 Å². The molecule has 0 spiro atoms. The molecule has 1 aliphatic heterocycles. The molecular weight excluding hydrogens is 152 g/mol. The van der Waals surface area contributed by atoms with Gasteiger partial charge in [-0.05, 0) is 18.6 Å². The zero-order valence-electron chi connectivity index (χ0n) is 6.92. The van der Waals surface area contributed by atoms with Gasteiger partial charge in [0.15, 0.2) is 0 Å². The Morgan fingerprint density at radius 1 is 1.58 bits per heavy atom. The Bertz CT molecular complexity index is 390. The van der Waals surface area contributed by atoms with Gasteiger partial charge in [-0.25, -0.2) is 0 Å². The molecule has 0 aromatic carbocycles. The lowest BCUT2D eigenvalue weighted by Gasteiger charge is -2.09. The molecule has 12 heavy (non-hydrogen) atoms. The van der Waals surface area contributed by atoms with Gasteiger partial charge in [-0.1, -0.05) is 0 Å². The first-order valence-corrected chi connectivity index (χ1v) is 3.97. The summed E-state index contributed by atoms with van der Waals surface area (Å²) in [5.74, 6) is 0. The largest absolute Gasteiger partial charge is 0.326 e. The van der Waals surface area contributed by atoms with Crippen LogP contribution in [0.25, 0.3) is 0 Å². The first-order chi connectivity index (χ1) is 5.77. The first kappa shape index (κ1) is 7.28. The second-order valence-electron chi connectivity index (χ2n) is 3.01. The van der Waals surface area contributed by atoms with Crippen molar-refractivity contribution in [3.8, 4) is 0 Å². The van der Waals surface area contributed by atoms with Crippen molar-refractivity contribution in [3.63, 3.8) is 0 Å². The van der Waals surface area contributed by atoms with Crippen LogP contribution in [0.3, 0.4) is 0 Å². The monoisotopic (exact) mass is 162 g/mol. The van der Waals surface area contributed by atoms with Gasteiger partial charge in [-0.2, -0.15) is 0 Å². The van der Waals surface area contributed by atoms with Gasteiger partial charge in [0.25, 0.3) is 5.56 Å². The number of aromatic amines is 1. The van der Waals surface area contributed by atoms with Crippen LogP contribution in [0.4, 0.5) is 0 Å². The SMILES string of the molecule is Cc1cc2c(c(=O)[nH]1)CC=NC2. The highest BCUT2D eigenvalue weighted by Crippen LogP contribution is 2.10. The fourth-order valence-electron chi connectivity index (χ4n) is 1.47. The average Bonchev–Trinajstić information content (AvgIpc) is 2.04. The minimum Gasteiger partial charge on any atom is -0.326 e. The van der Waals surface area contributed by atoms with Gasteiger partial charge in [0.1, 0.15) is 0 Å². The van der Waals surface area contributed by atoms with Crippen molar-refractivity contribution in [1.82, 2.24) is 4.98 Å². The molecule has 0 atom stereocenters. The van der Waals surface area contributed by atoms with E-state index in [0.717, 1.165) is 16.8 Å². The van der Waals surface area contributed by atoms with Crippen LogP contribution < -0.4 is 5.56 Å². The van der Waals surface area contributed by atoms with Crippen LogP contribution >= 0.6 is 0 Å². The Morgan fingerprint density at radius 3 is 3.25 bits per heavy atom. The van der Waals surface area contributed by atoms with Crippen LogP contribution in [0.2, 0.25) is 0 Å². The number of nitrogens with one attached hydrogen (secondary N) is 1. The van der Waals surface area contributed by atoms with E-state index in [-0.39, 0.29) is 5.56 Å². The smallest absolute Gasteiger partial charge is 0.252 e. The zero-order valence-corrected chi connectivity index (χ0v) is 6.92. The molecule has 1 aromatic rings. The summed E-state index contributed by atoms with van der Waals surface area (Å²) in [5.41, 5.74) is 2.89. The highest BCUT2D eigenvalue weighted by molar-refractivity contribution is 5.64. The first-order valence-electron chi connectivity index (χ1n) is 3.97. The predicted octanol–water partition coefficient (Wildman–Crippen LogP) is 0.810. The standard InChI is InChI=1S/C9H10N2O/c1-6-4-7-5-10-3-2-8(7)9(12)11-6/h3-4H,2,5H2,1H3,(H,11,12). The maximum absolute atomic E-state index is 11.4. The van der Waals surface area contributed by atoms with Gasteiger partial charge in [0.2, 0.25) is 0 Å². The normalized spacial score (nSPS) is 14.4. The molecule has 0 radical (unpaired) electrons. The third-order valence-corrected chi connectivity index (χ3v) is 2.05. The topological polar surface area (TPSA) is 45.2 Å². The Hall–Kier alpha value is -1.38. The van der Waals surface area contributed by atoms with Crippen molar-refractivity contribution in [2.24, 2.45) is 4.99 Å². The van der Waals surface area contributed by atoms with E-state index in [2.05, 4.69) is 9.98 Å². The van der Waals surface area contributed by atoms with Crippen LogP contribution in [-0.4, -0.2) is 11.2 Å². The van der Waals surface area contributed by atoms with Gasteiger partial charge < -0.3 is 4.98 Å². The van der Waals surface area contributed by atoms with Gasteiger partial charge >= 0.3 is 0 Å². The molecule has 0 bridgehead atoms. The van der Waals surface area contributed by atoms with E-state index in [1.807, 2.05) is 13.0 Å². The number of aryl methyl sites for hydroxylation is 1. The van der Waals surface area contributed by atoms with Crippen LogP contribution in [0, 0.1) is 6.92 Å². The van der Waals surface area contributed by atoms with E-state index in [4.69, 9.17) is 0 Å². The molecule has 3 heteroatoms. The highest BCUT2D eigenvalue weighted by atomic mass is 16.1. The number of fused-ring (bicyclic) bond motifs is 1. The number of pyridine rings is 1. The van der Waals surface area contributed by atoms with E-state index in [0.29, 0.717) is 13.0 Å². The van der Waals surface area contributed by atoms with Crippen molar-refractivity contribution in [2.75, 3.05) is 0 Å². The van der Waals surface area contributed by atoms with Gasteiger partial charge in [-0.15, -0.1) is 0 Å². The highest BCUT2D eigenvalue weighted by Gasteiger charge is 2.09. The van der Waals surface area contributed by atoms with E-state index >= 15 is 0 Å². The van der Waals surface area contributed by atoms with Gasteiger partial charge in [-0.3, -0.25) is 9.79 Å². The fraction of sp³-hybridized carbons (Fsp3) is 0.333. The quantitative estimate of drug-likeness (QED) is 0.602. The maximum atomic E-state index is 11.4. The molecule has 0 unspecified atom stereocenters. The summed E-state index contributed by atoms with van der Waals surface area (Å²) in [6, 6.07) is 1.99. The molecule has 1 aliphatic rings. The fourth-order valence-corrected chi connectivity index (χ4v) is 1.47. The summed E-state index contributed by atoms with van der Waals surface area (Å²) < 4.78 is 0. The molecule has 0 amide bonds. The van der Waals surface area contributed by atoms with Crippen LogP contribution in [0.15, 0.2) is 15.9 Å². The molecule has 1 aromatic heterocycles. The van der Waals surface area contributed by atoms with E-state index < -0.39 is 0 Å². The second-order valence-corrected chi connectivity index (χ2v) is 3.01. The molecule has 2 heterocycles. The average molecular weight is 162 g/mol. The number of nitrogens with zero attached hydrogens (tertiary/aromatic N) is 1. The summed E-state index contributed by atoms with van der Waals surface area (Å²) in [4.78, 5) is 18.3. The molecule has 2 rings (SSSR count). The Labute approximate surface area is 70.2 Å². The lowest BCUT2D eigenvalue weighted by atomic mass is 10.0. The molecule has 0 saturated carbocycles. The number of hydrogen-bond donors (Lipinski definition) is 1. The number of aromatic nitrogens is 1. The van der Waals surface area contributed by atoms with Gasteiger partial charge in [0, 0.05) is 23.9 Å². The van der Waals surface area contributed by atoms with Crippen molar-refractivity contribution >= 4 is 6.21 Å². The van der Waals surface area contributed by atoms with E-state index in [1.165, 1.54) is 0 Å². The van der Waals surface area contributed by atoms with Crippen molar-refractivity contribution in [3.05, 3.63) is 33.2 Å². The molecule has 62 valence electrons. The summed E-state index contributed by atoms with van der Waals surface area (Å²) in [6.45, 7) is 2.54. The number of aliphatic imine (C=N–C) groups is 1. The van der Waals surface area contributed by atoms with E-state index in [9.17, 15) is 4.79 Å². The molecule has 3 nitrogen and oxygen atoms in total. The predicted molar refractivity (Wildman–Crippen MR) is 47.7 cm³/mol. The molecule has 1 N–H and O–H groups in total. The van der Waals surface area contributed by atoms with Gasteiger partial charge in [0.05, 0.1) is 6.54 Å². The Balaban J connectivity index is 2.65. The third-order valence-electron chi connectivity index (χ3n) is 2.05. The summed E-state index contributed by atoms with van der Waals surface area (Å²) in [6.07, 6.45) is 2.47. The lowest BCUT2D eigenvalue weighted by molar-refractivity contribution is 0.952. The van der Waals surface area contributed by atoms with E-state index in [1.54, 1.807) is 6.21 Å². The third kappa shape index (κ3) is 1.07. The zero-order chi connectivity index (χ0) is 8.55. The van der Waals surface area contributed by atoms with Crippen molar-refractivity contribution in [2.45, 2.75) is 19.9 Å². The summed E-state index contributed by atoms with van der Waals surface area (Å²) in [5, 5.41) is 0. The Kier molecular flexibility index (Phi) is 1.57.